The van der Waals surface area contributed by atoms with Gasteiger partial charge in [0.25, 0.3) is 11.8 Å². The zero-order valence-corrected chi connectivity index (χ0v) is 20.2. The molecule has 3 aromatic carbocycles. The second-order valence-electron chi connectivity index (χ2n) is 7.70. The highest BCUT2D eigenvalue weighted by Gasteiger charge is 2.29. The molecule has 0 spiro atoms. The minimum absolute atomic E-state index is 0.0175. The molecule has 6 heteroatoms. The average molecular weight is 477 g/mol. The van der Waals surface area contributed by atoms with Gasteiger partial charge >= 0.3 is 0 Å². The number of fused-ring (bicyclic) bond motifs is 1. The SMILES string of the molecule is CCN(CC)C(=O)c1ccc(C=C2Sc3ccccc3N(Cc3cccc(Cl)c3)C2=O)cc1. The van der Waals surface area contributed by atoms with E-state index in [0.29, 0.717) is 35.1 Å². The van der Waals surface area contributed by atoms with Crippen LogP contribution in [0.2, 0.25) is 5.02 Å². The summed E-state index contributed by atoms with van der Waals surface area (Å²) in [5.41, 5.74) is 3.39. The van der Waals surface area contributed by atoms with Crippen LogP contribution in [0.15, 0.2) is 82.6 Å². The zero-order chi connectivity index (χ0) is 23.4. The van der Waals surface area contributed by atoms with Gasteiger partial charge in [0.2, 0.25) is 0 Å². The first kappa shape index (κ1) is 23.1. The van der Waals surface area contributed by atoms with Gasteiger partial charge in [0.05, 0.1) is 17.1 Å². The van der Waals surface area contributed by atoms with E-state index in [9.17, 15) is 9.59 Å². The Hall–Kier alpha value is -3.02. The van der Waals surface area contributed by atoms with Crippen LogP contribution in [0.5, 0.6) is 0 Å². The maximum atomic E-state index is 13.5. The molecule has 168 valence electrons. The van der Waals surface area contributed by atoms with Crippen molar-refractivity contribution in [1.82, 2.24) is 4.90 Å². The number of halogens is 1. The number of nitrogens with zero attached hydrogens (tertiary/aromatic N) is 2. The Labute approximate surface area is 203 Å². The Balaban J connectivity index is 1.63. The van der Waals surface area contributed by atoms with Crippen LogP contribution in [0, 0.1) is 0 Å². The van der Waals surface area contributed by atoms with Crippen molar-refractivity contribution in [3.8, 4) is 0 Å². The maximum Gasteiger partial charge on any atom is 0.265 e. The molecule has 3 aromatic rings. The lowest BCUT2D eigenvalue weighted by Gasteiger charge is -2.30. The highest BCUT2D eigenvalue weighted by atomic mass is 35.5. The molecule has 0 N–H and O–H groups in total. The van der Waals surface area contributed by atoms with Crippen molar-refractivity contribution >= 4 is 46.9 Å². The molecule has 0 saturated heterocycles. The van der Waals surface area contributed by atoms with Gasteiger partial charge in [-0.05, 0) is 67.4 Å². The van der Waals surface area contributed by atoms with Gasteiger partial charge in [-0.2, -0.15) is 0 Å². The fourth-order valence-electron chi connectivity index (χ4n) is 3.80. The van der Waals surface area contributed by atoms with Crippen molar-refractivity contribution in [3.63, 3.8) is 0 Å². The van der Waals surface area contributed by atoms with Crippen LogP contribution in [-0.4, -0.2) is 29.8 Å². The summed E-state index contributed by atoms with van der Waals surface area (Å²) in [6, 6.07) is 22.9. The molecule has 0 atom stereocenters. The summed E-state index contributed by atoms with van der Waals surface area (Å²) in [5.74, 6) is -0.0362. The molecule has 1 heterocycles. The summed E-state index contributed by atoms with van der Waals surface area (Å²) in [6.45, 7) is 5.73. The van der Waals surface area contributed by atoms with Gasteiger partial charge in [-0.1, -0.05) is 59.8 Å². The molecular weight excluding hydrogens is 452 g/mol. The quantitative estimate of drug-likeness (QED) is 0.381. The number of para-hydroxylation sites is 1. The fourth-order valence-corrected chi connectivity index (χ4v) is 5.08. The second-order valence-corrected chi connectivity index (χ2v) is 9.22. The average Bonchev–Trinajstić information content (AvgIpc) is 2.83. The van der Waals surface area contributed by atoms with E-state index in [1.807, 2.05) is 92.7 Å². The van der Waals surface area contributed by atoms with E-state index in [4.69, 9.17) is 11.6 Å². The van der Waals surface area contributed by atoms with Crippen LogP contribution in [0.1, 0.15) is 35.3 Å². The minimum atomic E-state index is -0.0537. The molecule has 0 radical (unpaired) electrons. The highest BCUT2D eigenvalue weighted by molar-refractivity contribution is 8.04. The van der Waals surface area contributed by atoms with E-state index in [-0.39, 0.29) is 11.8 Å². The van der Waals surface area contributed by atoms with E-state index in [2.05, 4.69) is 0 Å². The first-order chi connectivity index (χ1) is 16.0. The van der Waals surface area contributed by atoms with E-state index in [0.717, 1.165) is 21.7 Å². The summed E-state index contributed by atoms with van der Waals surface area (Å²) in [4.78, 5) is 31.3. The van der Waals surface area contributed by atoms with Gasteiger partial charge in [0, 0.05) is 28.6 Å². The lowest BCUT2D eigenvalue weighted by Crippen LogP contribution is -2.33. The lowest BCUT2D eigenvalue weighted by atomic mass is 10.1. The van der Waals surface area contributed by atoms with Crippen LogP contribution in [-0.2, 0) is 11.3 Å². The molecule has 0 aromatic heterocycles. The molecule has 4 nitrogen and oxygen atoms in total. The predicted molar refractivity (Wildman–Crippen MR) is 137 cm³/mol. The Kier molecular flexibility index (Phi) is 7.21. The monoisotopic (exact) mass is 476 g/mol. The topological polar surface area (TPSA) is 40.6 Å². The Morgan fingerprint density at radius 3 is 2.42 bits per heavy atom. The van der Waals surface area contributed by atoms with Crippen molar-refractivity contribution in [3.05, 3.63) is 99.4 Å². The van der Waals surface area contributed by atoms with Crippen molar-refractivity contribution in [2.45, 2.75) is 25.3 Å². The molecular formula is C27H25ClN2O2S. The van der Waals surface area contributed by atoms with Gasteiger partial charge in [0.1, 0.15) is 0 Å². The van der Waals surface area contributed by atoms with E-state index < -0.39 is 0 Å². The number of thioether (sulfide) groups is 1. The third-order valence-corrected chi connectivity index (χ3v) is 6.88. The fraction of sp³-hybridized carbons (Fsp3) is 0.185. The van der Waals surface area contributed by atoms with Crippen LogP contribution in [0.25, 0.3) is 6.08 Å². The van der Waals surface area contributed by atoms with Crippen LogP contribution in [0.4, 0.5) is 5.69 Å². The standard InChI is InChI=1S/C27H25ClN2O2S/c1-3-29(4-2)26(31)21-14-12-19(13-15-21)17-25-27(32)30(18-20-8-7-9-22(28)16-20)23-10-5-6-11-24(23)33-25/h5-17H,3-4,18H2,1-2H3. The predicted octanol–water partition coefficient (Wildman–Crippen LogP) is 6.50. The summed E-state index contributed by atoms with van der Waals surface area (Å²) in [7, 11) is 0. The molecule has 1 aliphatic rings. The summed E-state index contributed by atoms with van der Waals surface area (Å²) in [5, 5.41) is 0.648. The smallest absolute Gasteiger partial charge is 0.265 e. The first-order valence-corrected chi connectivity index (χ1v) is 12.1. The molecule has 0 bridgehead atoms. The summed E-state index contributed by atoms with van der Waals surface area (Å²) >= 11 is 7.63. The zero-order valence-electron chi connectivity index (χ0n) is 18.6. The highest BCUT2D eigenvalue weighted by Crippen LogP contribution is 2.42. The minimum Gasteiger partial charge on any atom is -0.339 e. The normalized spacial score (nSPS) is 14.3. The first-order valence-electron chi connectivity index (χ1n) is 10.9. The number of carbonyl (C=O) groups excluding carboxylic acids is 2. The van der Waals surface area contributed by atoms with Gasteiger partial charge in [-0.3, -0.25) is 9.59 Å². The number of rotatable bonds is 6. The molecule has 4 rings (SSSR count). The van der Waals surface area contributed by atoms with Gasteiger partial charge in [-0.15, -0.1) is 0 Å². The molecule has 0 aliphatic carbocycles. The Bertz CT molecular complexity index is 1200. The number of anilines is 1. The van der Waals surface area contributed by atoms with Gasteiger partial charge in [-0.25, -0.2) is 0 Å². The van der Waals surface area contributed by atoms with E-state index >= 15 is 0 Å². The Morgan fingerprint density at radius 1 is 1.00 bits per heavy atom. The molecule has 0 saturated carbocycles. The molecule has 1 aliphatic heterocycles. The maximum absolute atomic E-state index is 13.5. The third-order valence-electron chi connectivity index (χ3n) is 5.57. The lowest BCUT2D eigenvalue weighted by molar-refractivity contribution is -0.114. The molecule has 33 heavy (non-hydrogen) atoms. The van der Waals surface area contributed by atoms with Crippen molar-refractivity contribution < 1.29 is 9.59 Å². The second kappa shape index (κ2) is 10.3. The van der Waals surface area contributed by atoms with Crippen LogP contribution in [0.3, 0.4) is 0 Å². The molecule has 2 amide bonds. The number of benzene rings is 3. The van der Waals surface area contributed by atoms with Crippen LogP contribution >= 0.6 is 23.4 Å². The van der Waals surface area contributed by atoms with E-state index in [1.54, 1.807) is 9.80 Å². The summed E-state index contributed by atoms with van der Waals surface area (Å²) < 4.78 is 0. The van der Waals surface area contributed by atoms with Gasteiger partial charge in [0.15, 0.2) is 0 Å². The number of amides is 2. The van der Waals surface area contributed by atoms with Crippen molar-refractivity contribution in [2.75, 3.05) is 18.0 Å². The Morgan fingerprint density at radius 2 is 1.73 bits per heavy atom. The number of hydrogen-bond acceptors (Lipinski definition) is 3. The van der Waals surface area contributed by atoms with Gasteiger partial charge < -0.3 is 9.80 Å². The number of hydrogen-bond donors (Lipinski definition) is 0. The van der Waals surface area contributed by atoms with E-state index in [1.165, 1.54) is 11.8 Å². The summed E-state index contributed by atoms with van der Waals surface area (Å²) in [6.07, 6.45) is 1.89. The largest absolute Gasteiger partial charge is 0.339 e. The van der Waals surface area contributed by atoms with Crippen molar-refractivity contribution in [1.29, 1.82) is 0 Å². The molecule has 0 fully saturated rings. The van der Waals surface area contributed by atoms with Crippen LogP contribution < -0.4 is 4.90 Å². The number of carbonyl (C=O) groups is 2. The van der Waals surface area contributed by atoms with Crippen molar-refractivity contribution in [2.24, 2.45) is 0 Å². The molecule has 0 unspecified atom stereocenters. The third kappa shape index (κ3) is 5.15.